The van der Waals surface area contributed by atoms with Gasteiger partial charge in [0.15, 0.2) is 5.78 Å². The summed E-state index contributed by atoms with van der Waals surface area (Å²) in [4.78, 5) is 14.2. The van der Waals surface area contributed by atoms with Gasteiger partial charge in [-0.05, 0) is 61.1 Å². The largest absolute Gasteiger partial charge is 0.298 e. The molecule has 0 bridgehead atoms. The van der Waals surface area contributed by atoms with Crippen LogP contribution < -0.4 is 0 Å². The molecule has 0 unspecified atom stereocenters. The number of halogens is 2. The summed E-state index contributed by atoms with van der Waals surface area (Å²) in [5.74, 6) is 0.477. The molecule has 4 rings (SSSR count). The minimum Gasteiger partial charge on any atom is -0.298 e. The summed E-state index contributed by atoms with van der Waals surface area (Å²) in [7, 11) is 0. The Hall–Kier alpha value is -0.930. The molecular formula is C23H24Br2O. The maximum atomic E-state index is 14.2. The molecule has 136 valence electrons. The van der Waals surface area contributed by atoms with Gasteiger partial charge in [0, 0.05) is 8.95 Å². The summed E-state index contributed by atoms with van der Waals surface area (Å²) in [5, 5.41) is 0. The third kappa shape index (κ3) is 3.01. The first-order valence-electron chi connectivity index (χ1n) is 9.64. The summed E-state index contributed by atoms with van der Waals surface area (Å²) in [5.41, 5.74) is 1.81. The summed E-state index contributed by atoms with van der Waals surface area (Å²) in [6.45, 7) is 0. The van der Waals surface area contributed by atoms with Gasteiger partial charge in [-0.3, -0.25) is 4.79 Å². The quantitative estimate of drug-likeness (QED) is 0.460. The minimum absolute atomic E-state index is 0.307. The highest BCUT2D eigenvalue weighted by molar-refractivity contribution is 9.10. The van der Waals surface area contributed by atoms with E-state index in [0.29, 0.717) is 5.78 Å². The second-order valence-electron chi connectivity index (χ2n) is 7.92. The summed E-state index contributed by atoms with van der Waals surface area (Å²) >= 11 is 7.08. The van der Waals surface area contributed by atoms with E-state index >= 15 is 0 Å². The van der Waals surface area contributed by atoms with Crippen LogP contribution in [-0.4, -0.2) is 5.78 Å². The molecule has 0 atom stereocenters. The number of ketones is 1. The fourth-order valence-electron chi connectivity index (χ4n) is 5.25. The molecule has 0 amide bonds. The maximum absolute atomic E-state index is 14.2. The van der Waals surface area contributed by atoms with Gasteiger partial charge in [0.05, 0.1) is 10.8 Å². The molecule has 1 nitrogen and oxygen atoms in total. The highest BCUT2D eigenvalue weighted by Gasteiger charge is 2.53. The zero-order valence-corrected chi connectivity index (χ0v) is 18.1. The van der Waals surface area contributed by atoms with E-state index in [0.717, 1.165) is 60.3 Å². The molecule has 2 aromatic carbocycles. The number of benzene rings is 2. The second-order valence-corrected chi connectivity index (χ2v) is 9.75. The third-order valence-corrected chi connectivity index (χ3v) is 7.63. The average Bonchev–Trinajstić information content (AvgIpc) is 3.33. The van der Waals surface area contributed by atoms with Gasteiger partial charge in [-0.1, -0.05) is 81.8 Å². The molecule has 2 aliphatic carbocycles. The lowest BCUT2D eigenvalue weighted by atomic mass is 9.62. The van der Waals surface area contributed by atoms with Crippen molar-refractivity contribution in [2.45, 2.75) is 62.2 Å². The minimum atomic E-state index is -0.307. The van der Waals surface area contributed by atoms with Gasteiger partial charge >= 0.3 is 0 Å². The fourth-order valence-corrected chi connectivity index (χ4v) is 5.78. The first-order valence-corrected chi connectivity index (χ1v) is 11.2. The molecule has 3 heteroatoms. The lowest BCUT2D eigenvalue weighted by Gasteiger charge is -2.39. The van der Waals surface area contributed by atoms with Crippen molar-refractivity contribution in [1.29, 1.82) is 0 Å². The summed E-state index contributed by atoms with van der Waals surface area (Å²) in [6, 6.07) is 17.0. The van der Waals surface area contributed by atoms with Crippen molar-refractivity contribution in [1.82, 2.24) is 0 Å². The van der Waals surface area contributed by atoms with Crippen LogP contribution in [-0.2, 0) is 15.6 Å². The molecular weight excluding hydrogens is 452 g/mol. The van der Waals surface area contributed by atoms with Gasteiger partial charge in [0.25, 0.3) is 0 Å². The maximum Gasteiger partial charge on any atom is 0.153 e. The third-order valence-electron chi connectivity index (χ3n) is 6.58. The lowest BCUT2D eigenvalue weighted by Crippen LogP contribution is -2.46. The Kier molecular flexibility index (Phi) is 5.13. The Bertz CT molecular complexity index is 712. The Labute approximate surface area is 172 Å². The number of rotatable bonds is 4. The van der Waals surface area contributed by atoms with E-state index in [2.05, 4.69) is 80.4 Å². The van der Waals surface area contributed by atoms with Crippen LogP contribution >= 0.6 is 31.9 Å². The normalized spacial score (nSPS) is 21.0. The van der Waals surface area contributed by atoms with Crippen LogP contribution in [0.5, 0.6) is 0 Å². The molecule has 26 heavy (non-hydrogen) atoms. The van der Waals surface area contributed by atoms with E-state index < -0.39 is 0 Å². The van der Waals surface area contributed by atoms with Gasteiger partial charge in [-0.2, -0.15) is 0 Å². The Morgan fingerprint density at radius 1 is 0.615 bits per heavy atom. The predicted molar refractivity (Wildman–Crippen MR) is 114 cm³/mol. The van der Waals surface area contributed by atoms with Crippen molar-refractivity contribution in [2.75, 3.05) is 0 Å². The molecule has 0 aromatic heterocycles. The van der Waals surface area contributed by atoms with E-state index in [1.165, 1.54) is 11.1 Å². The SMILES string of the molecule is O=C(C1(c2ccc(Br)cc2)CCCC1)C1(c2ccc(Br)cc2)CCCC1. The molecule has 2 aliphatic rings. The highest BCUT2D eigenvalue weighted by Crippen LogP contribution is 2.52. The first kappa shape index (κ1) is 18.4. The van der Waals surface area contributed by atoms with Crippen molar-refractivity contribution in [3.63, 3.8) is 0 Å². The van der Waals surface area contributed by atoms with Gasteiger partial charge < -0.3 is 0 Å². The molecule has 0 spiro atoms. The summed E-state index contributed by atoms with van der Waals surface area (Å²) < 4.78 is 2.15. The molecule has 0 saturated heterocycles. The van der Waals surface area contributed by atoms with Crippen LogP contribution in [0, 0.1) is 0 Å². The molecule has 0 heterocycles. The zero-order chi connectivity index (χ0) is 18.2. The van der Waals surface area contributed by atoms with Crippen molar-refractivity contribution >= 4 is 37.6 Å². The fraction of sp³-hybridized carbons (Fsp3) is 0.435. The van der Waals surface area contributed by atoms with Gasteiger partial charge in [0.2, 0.25) is 0 Å². The number of carbonyl (C=O) groups is 1. The standard InChI is InChI=1S/C23H24Br2O/c24-19-9-5-17(6-10-19)22(13-1-2-14-22)21(26)23(15-3-4-16-23)18-7-11-20(25)12-8-18/h5-12H,1-4,13-16H2. The van der Waals surface area contributed by atoms with Crippen LogP contribution in [0.1, 0.15) is 62.5 Å². The number of Topliss-reactive ketones (excluding diaryl/α,β-unsaturated/α-hetero) is 1. The van der Waals surface area contributed by atoms with E-state index in [9.17, 15) is 4.79 Å². The van der Waals surface area contributed by atoms with Gasteiger partial charge in [-0.15, -0.1) is 0 Å². The van der Waals surface area contributed by atoms with Crippen molar-refractivity contribution < 1.29 is 4.79 Å². The Balaban J connectivity index is 1.81. The number of hydrogen-bond acceptors (Lipinski definition) is 1. The van der Waals surface area contributed by atoms with E-state index in [-0.39, 0.29) is 10.8 Å². The monoisotopic (exact) mass is 474 g/mol. The molecule has 0 aliphatic heterocycles. The number of carbonyl (C=O) groups excluding carboxylic acids is 1. The smallest absolute Gasteiger partial charge is 0.153 e. The van der Waals surface area contributed by atoms with Crippen LogP contribution in [0.2, 0.25) is 0 Å². The van der Waals surface area contributed by atoms with E-state index in [1.54, 1.807) is 0 Å². The average molecular weight is 476 g/mol. The highest BCUT2D eigenvalue weighted by atomic mass is 79.9. The van der Waals surface area contributed by atoms with Crippen LogP contribution in [0.3, 0.4) is 0 Å². The first-order chi connectivity index (χ1) is 12.6. The molecule has 0 N–H and O–H groups in total. The molecule has 0 radical (unpaired) electrons. The van der Waals surface area contributed by atoms with Gasteiger partial charge in [-0.25, -0.2) is 0 Å². The molecule has 2 saturated carbocycles. The molecule has 2 aromatic rings. The second kappa shape index (κ2) is 7.24. The molecule has 2 fully saturated rings. The lowest BCUT2D eigenvalue weighted by molar-refractivity contribution is -0.130. The van der Waals surface area contributed by atoms with Crippen molar-refractivity contribution in [3.05, 3.63) is 68.6 Å². The van der Waals surface area contributed by atoms with Crippen LogP contribution in [0.15, 0.2) is 57.5 Å². The number of hydrogen-bond donors (Lipinski definition) is 0. The predicted octanol–water partition coefficient (Wildman–Crippen LogP) is 7.10. The summed E-state index contributed by atoms with van der Waals surface area (Å²) in [6.07, 6.45) is 8.57. The topological polar surface area (TPSA) is 17.1 Å². The zero-order valence-electron chi connectivity index (χ0n) is 14.9. The van der Waals surface area contributed by atoms with E-state index in [1.807, 2.05) is 0 Å². The van der Waals surface area contributed by atoms with Gasteiger partial charge in [0.1, 0.15) is 0 Å². The van der Waals surface area contributed by atoms with Crippen molar-refractivity contribution in [2.24, 2.45) is 0 Å². The van der Waals surface area contributed by atoms with E-state index in [4.69, 9.17) is 0 Å². The van der Waals surface area contributed by atoms with Crippen LogP contribution in [0.4, 0.5) is 0 Å². The Morgan fingerprint density at radius 3 is 1.23 bits per heavy atom. The van der Waals surface area contributed by atoms with Crippen molar-refractivity contribution in [3.8, 4) is 0 Å². The Morgan fingerprint density at radius 2 is 0.923 bits per heavy atom. The van der Waals surface area contributed by atoms with Crippen LogP contribution in [0.25, 0.3) is 0 Å².